The van der Waals surface area contributed by atoms with Crippen LogP contribution in [0.2, 0.25) is 0 Å². The van der Waals surface area contributed by atoms with Gasteiger partial charge in [-0.3, -0.25) is 0 Å². The molecule has 128 valence electrons. The van der Waals surface area contributed by atoms with E-state index in [9.17, 15) is 0 Å². The van der Waals surface area contributed by atoms with Crippen LogP contribution in [0.4, 0.5) is 5.69 Å². The third-order valence-corrected chi connectivity index (χ3v) is 3.44. The topological polar surface area (TPSA) is 33.6 Å². The van der Waals surface area contributed by atoms with Gasteiger partial charge in [0.1, 0.15) is 11.5 Å². The zero-order valence-corrected chi connectivity index (χ0v) is 15.0. The van der Waals surface area contributed by atoms with E-state index >= 15 is 0 Å². The van der Waals surface area contributed by atoms with Gasteiger partial charge in [-0.15, -0.1) is 0 Å². The molecule has 0 saturated heterocycles. The highest BCUT2D eigenvalue weighted by atomic mass is 16.5. The fourth-order valence-corrected chi connectivity index (χ4v) is 2.09. The lowest BCUT2D eigenvalue weighted by Crippen LogP contribution is -2.14. The molecule has 25 heavy (non-hydrogen) atoms. The molecule has 2 rings (SSSR count). The maximum absolute atomic E-state index is 5.19. The van der Waals surface area contributed by atoms with Crippen molar-refractivity contribution in [3.63, 3.8) is 0 Å². The minimum absolute atomic E-state index is 0.623. The van der Waals surface area contributed by atoms with Crippen LogP contribution in [-0.4, -0.2) is 25.9 Å². The predicted octanol–water partition coefficient (Wildman–Crippen LogP) is 4.38. The number of allylic oxidation sites excluding steroid dienone is 1. The summed E-state index contributed by atoms with van der Waals surface area (Å²) >= 11 is 0. The minimum Gasteiger partial charge on any atom is -0.497 e. The van der Waals surface area contributed by atoms with Crippen LogP contribution in [-0.2, 0) is 0 Å². The van der Waals surface area contributed by atoms with Crippen LogP contribution in [0.1, 0.15) is 19.4 Å². The molecule has 0 unspecified atom stereocenters. The highest BCUT2D eigenvalue weighted by molar-refractivity contribution is 6.14. The van der Waals surface area contributed by atoms with Crippen molar-refractivity contribution in [2.45, 2.75) is 13.8 Å². The third kappa shape index (κ3) is 6.66. The lowest BCUT2D eigenvalue weighted by Gasteiger charge is -2.02. The van der Waals surface area contributed by atoms with Crippen molar-refractivity contribution in [2.24, 2.45) is 4.99 Å². The first-order valence-electron chi connectivity index (χ1n) is 8.30. The number of ether oxygens (including phenoxy) is 1. The summed E-state index contributed by atoms with van der Waals surface area (Å²) in [6.45, 7) is 5.62. The molecule has 0 aliphatic heterocycles. The van der Waals surface area contributed by atoms with Gasteiger partial charge < -0.3 is 10.1 Å². The molecule has 0 fully saturated rings. The summed E-state index contributed by atoms with van der Waals surface area (Å²) in [5.41, 5.74) is 3.92. The maximum Gasteiger partial charge on any atom is 0.121 e. The Balaban J connectivity index is 2.16. The van der Waals surface area contributed by atoms with Gasteiger partial charge in [0.15, 0.2) is 0 Å². The number of nitrogens with one attached hydrogen (secondary N) is 1. The number of hydrogen-bond donors (Lipinski definition) is 1. The Kier molecular flexibility index (Phi) is 7.49. The van der Waals surface area contributed by atoms with Gasteiger partial charge in [-0.05, 0) is 44.0 Å². The van der Waals surface area contributed by atoms with E-state index in [1.54, 1.807) is 7.11 Å². The molecule has 3 heteroatoms. The van der Waals surface area contributed by atoms with Crippen LogP contribution in [0.15, 0.2) is 71.2 Å². The molecule has 0 aliphatic rings. The summed E-state index contributed by atoms with van der Waals surface area (Å²) in [5, 5.41) is 3.28. The van der Waals surface area contributed by atoms with Gasteiger partial charge in [-0.25, -0.2) is 4.99 Å². The molecule has 3 nitrogen and oxygen atoms in total. The van der Waals surface area contributed by atoms with Gasteiger partial charge in [-0.1, -0.05) is 47.9 Å². The van der Waals surface area contributed by atoms with Crippen molar-refractivity contribution in [1.82, 2.24) is 5.32 Å². The Morgan fingerprint density at radius 2 is 1.80 bits per heavy atom. The first kappa shape index (κ1) is 18.5. The number of benzene rings is 2. The predicted molar refractivity (Wildman–Crippen MR) is 106 cm³/mol. The van der Waals surface area contributed by atoms with E-state index in [-0.39, 0.29) is 0 Å². The van der Waals surface area contributed by atoms with Crippen LogP contribution in [0.25, 0.3) is 0 Å². The molecule has 1 N–H and O–H groups in total. The summed E-state index contributed by atoms with van der Waals surface area (Å²) in [7, 11) is 1.65. The Morgan fingerprint density at radius 1 is 1.08 bits per heavy atom. The lowest BCUT2D eigenvalue weighted by molar-refractivity contribution is 0.415. The molecular weight excluding hydrogens is 308 g/mol. The van der Waals surface area contributed by atoms with Crippen LogP contribution in [0, 0.1) is 11.8 Å². The minimum atomic E-state index is 0.623. The smallest absolute Gasteiger partial charge is 0.121 e. The van der Waals surface area contributed by atoms with Crippen molar-refractivity contribution in [2.75, 3.05) is 20.2 Å². The lowest BCUT2D eigenvalue weighted by atomic mass is 10.1. The van der Waals surface area contributed by atoms with Crippen LogP contribution >= 0.6 is 0 Å². The molecule has 2 aromatic carbocycles. The normalized spacial score (nSPS) is 10.6. The third-order valence-electron chi connectivity index (χ3n) is 3.44. The summed E-state index contributed by atoms with van der Waals surface area (Å²) in [6, 6.07) is 17.7. The number of hydrogen-bond acceptors (Lipinski definition) is 3. The van der Waals surface area contributed by atoms with E-state index in [1.807, 2.05) is 54.6 Å². The Morgan fingerprint density at radius 3 is 2.44 bits per heavy atom. The molecule has 2 aromatic rings. The average molecular weight is 332 g/mol. The van der Waals surface area contributed by atoms with Crippen LogP contribution in [0.5, 0.6) is 5.75 Å². The summed E-state index contributed by atoms with van der Waals surface area (Å²) in [4.78, 5) is 4.70. The second-order valence-corrected chi connectivity index (χ2v) is 5.74. The molecule has 0 saturated carbocycles. The first-order valence-corrected chi connectivity index (χ1v) is 8.30. The second-order valence-electron chi connectivity index (χ2n) is 5.74. The molecule has 0 radical (unpaired) electrons. The van der Waals surface area contributed by atoms with E-state index in [1.165, 1.54) is 5.57 Å². The molecular formula is C22H24N2O. The Bertz CT molecular complexity index is 774. The SMILES string of the molecule is COc1ccc(N=C(C#CCNCC=C(C)C)c2ccccc2)cc1. The van der Waals surface area contributed by atoms with Crippen molar-refractivity contribution >= 4 is 11.4 Å². The molecule has 0 aliphatic carbocycles. The van der Waals surface area contributed by atoms with Crippen molar-refractivity contribution in [3.8, 4) is 17.6 Å². The van der Waals surface area contributed by atoms with Gasteiger partial charge in [0.05, 0.1) is 19.3 Å². The van der Waals surface area contributed by atoms with Crippen LogP contribution in [0.3, 0.4) is 0 Å². The van der Waals surface area contributed by atoms with Crippen molar-refractivity contribution in [1.29, 1.82) is 0 Å². The Labute approximate surface area is 150 Å². The van der Waals surface area contributed by atoms with E-state index in [4.69, 9.17) is 9.73 Å². The number of methoxy groups -OCH3 is 1. The number of rotatable bonds is 6. The fourth-order valence-electron chi connectivity index (χ4n) is 2.09. The van der Waals surface area contributed by atoms with Gasteiger partial charge in [0.25, 0.3) is 0 Å². The molecule has 0 heterocycles. The highest BCUT2D eigenvalue weighted by Crippen LogP contribution is 2.18. The van der Waals surface area contributed by atoms with Crippen molar-refractivity contribution < 1.29 is 4.74 Å². The van der Waals surface area contributed by atoms with E-state index in [2.05, 4.69) is 37.1 Å². The fraction of sp³-hybridized carbons (Fsp3) is 0.227. The molecule has 0 amide bonds. The Hall–Kier alpha value is -2.83. The maximum atomic E-state index is 5.19. The highest BCUT2D eigenvalue weighted by Gasteiger charge is 2.00. The summed E-state index contributed by atoms with van der Waals surface area (Å²) in [6.07, 6.45) is 2.14. The largest absolute Gasteiger partial charge is 0.497 e. The second kappa shape index (κ2) is 10.1. The van der Waals surface area contributed by atoms with Crippen LogP contribution < -0.4 is 10.1 Å². The zero-order valence-electron chi connectivity index (χ0n) is 15.0. The quantitative estimate of drug-likeness (QED) is 0.369. The zero-order chi connectivity index (χ0) is 17.9. The van der Waals surface area contributed by atoms with Gasteiger partial charge in [0.2, 0.25) is 0 Å². The monoisotopic (exact) mass is 332 g/mol. The van der Waals surface area contributed by atoms with E-state index < -0.39 is 0 Å². The molecule has 0 spiro atoms. The summed E-state index contributed by atoms with van der Waals surface area (Å²) in [5.74, 6) is 7.16. The summed E-state index contributed by atoms with van der Waals surface area (Å²) < 4.78 is 5.19. The standard InChI is InChI=1S/C22H24N2O/c1-18(2)15-17-23-16-7-10-22(19-8-5-4-6-9-19)24-20-11-13-21(25-3)14-12-20/h4-6,8-9,11-15,23H,16-17H2,1-3H3. The van der Waals surface area contributed by atoms with Gasteiger partial charge in [0, 0.05) is 12.1 Å². The van der Waals surface area contributed by atoms with Gasteiger partial charge >= 0.3 is 0 Å². The molecule has 0 aromatic heterocycles. The van der Waals surface area contributed by atoms with Crippen molar-refractivity contribution in [3.05, 3.63) is 71.8 Å². The van der Waals surface area contributed by atoms with E-state index in [0.29, 0.717) is 6.54 Å². The molecule has 0 bridgehead atoms. The van der Waals surface area contributed by atoms with Gasteiger partial charge in [-0.2, -0.15) is 0 Å². The molecule has 0 atom stereocenters. The first-order chi connectivity index (χ1) is 12.2. The number of nitrogens with zero attached hydrogens (tertiary/aromatic N) is 1. The van der Waals surface area contributed by atoms with E-state index in [0.717, 1.165) is 29.3 Å². The number of aliphatic imine (C=N–C) groups is 1. The average Bonchev–Trinajstić information content (AvgIpc) is 2.64.